The minimum Gasteiger partial charge on any atom is -0.507 e. The standard InChI is InChI=1S/C15H20BrNO2/c1-9-6-10(2)11(3)17(8-9)15(19)12-4-5-13(16)14(18)7-12/h4-5,7,9-11,18H,6,8H2,1-3H3. The fourth-order valence-corrected chi connectivity index (χ4v) is 3.04. The van der Waals surface area contributed by atoms with E-state index in [2.05, 4.69) is 36.7 Å². The predicted octanol–water partition coefficient (Wildman–Crippen LogP) is 3.66. The lowest BCUT2D eigenvalue weighted by Gasteiger charge is -2.41. The van der Waals surface area contributed by atoms with Crippen molar-refractivity contribution in [2.45, 2.75) is 33.2 Å². The predicted molar refractivity (Wildman–Crippen MR) is 79.3 cm³/mol. The molecule has 1 N–H and O–H groups in total. The minimum absolute atomic E-state index is 0.00806. The molecule has 3 atom stereocenters. The van der Waals surface area contributed by atoms with Gasteiger partial charge in [-0.3, -0.25) is 4.79 Å². The van der Waals surface area contributed by atoms with Crippen LogP contribution in [-0.4, -0.2) is 28.5 Å². The maximum Gasteiger partial charge on any atom is 0.254 e. The molecular weight excluding hydrogens is 306 g/mol. The summed E-state index contributed by atoms with van der Waals surface area (Å²) in [6, 6.07) is 5.24. The van der Waals surface area contributed by atoms with Crippen LogP contribution in [0.1, 0.15) is 37.6 Å². The van der Waals surface area contributed by atoms with E-state index < -0.39 is 0 Å². The Hall–Kier alpha value is -1.03. The van der Waals surface area contributed by atoms with Gasteiger partial charge in [0, 0.05) is 18.2 Å². The first kappa shape index (κ1) is 14.4. The lowest BCUT2D eigenvalue weighted by Crippen LogP contribution is -2.48. The second kappa shape index (κ2) is 5.53. The number of carbonyl (C=O) groups is 1. The maximum absolute atomic E-state index is 12.6. The summed E-state index contributed by atoms with van der Waals surface area (Å²) in [5, 5.41) is 9.70. The lowest BCUT2D eigenvalue weighted by molar-refractivity contribution is 0.0455. The highest BCUT2D eigenvalue weighted by atomic mass is 79.9. The van der Waals surface area contributed by atoms with E-state index >= 15 is 0 Å². The van der Waals surface area contributed by atoms with Crippen LogP contribution in [0.4, 0.5) is 0 Å². The Morgan fingerprint density at radius 3 is 2.68 bits per heavy atom. The molecule has 1 aromatic carbocycles. The summed E-state index contributed by atoms with van der Waals surface area (Å²) in [5.41, 5.74) is 0.550. The molecular formula is C15H20BrNO2. The van der Waals surface area contributed by atoms with E-state index in [4.69, 9.17) is 0 Å². The topological polar surface area (TPSA) is 40.5 Å². The van der Waals surface area contributed by atoms with Crippen molar-refractivity contribution in [3.8, 4) is 5.75 Å². The number of rotatable bonds is 1. The maximum atomic E-state index is 12.6. The summed E-state index contributed by atoms with van der Waals surface area (Å²) in [7, 11) is 0. The van der Waals surface area contributed by atoms with Crippen LogP contribution >= 0.6 is 15.9 Å². The van der Waals surface area contributed by atoms with Gasteiger partial charge in [0.05, 0.1) is 4.47 Å². The van der Waals surface area contributed by atoms with E-state index in [9.17, 15) is 9.90 Å². The number of amides is 1. The molecule has 19 heavy (non-hydrogen) atoms. The number of benzene rings is 1. The number of aromatic hydroxyl groups is 1. The van der Waals surface area contributed by atoms with Gasteiger partial charge in [0.25, 0.3) is 5.91 Å². The van der Waals surface area contributed by atoms with Crippen molar-refractivity contribution in [3.63, 3.8) is 0 Å². The van der Waals surface area contributed by atoms with Crippen LogP contribution in [0.2, 0.25) is 0 Å². The first-order chi connectivity index (χ1) is 8.90. The van der Waals surface area contributed by atoms with E-state index in [-0.39, 0.29) is 17.7 Å². The average molecular weight is 326 g/mol. The van der Waals surface area contributed by atoms with Crippen molar-refractivity contribution < 1.29 is 9.90 Å². The SMILES string of the molecule is CC1CC(C)C(C)N(C(=O)c2ccc(Br)c(O)c2)C1. The fraction of sp³-hybridized carbons (Fsp3) is 0.533. The molecule has 1 aromatic rings. The molecule has 1 fully saturated rings. The molecule has 2 rings (SSSR count). The van der Waals surface area contributed by atoms with Gasteiger partial charge in [-0.1, -0.05) is 13.8 Å². The van der Waals surface area contributed by atoms with Crippen LogP contribution in [0.15, 0.2) is 22.7 Å². The summed E-state index contributed by atoms with van der Waals surface area (Å²) >= 11 is 3.23. The van der Waals surface area contributed by atoms with E-state index in [1.165, 1.54) is 6.07 Å². The number of likely N-dealkylation sites (tertiary alicyclic amines) is 1. The van der Waals surface area contributed by atoms with Crippen LogP contribution in [0, 0.1) is 11.8 Å². The normalized spacial score (nSPS) is 27.4. The Kier molecular flexibility index (Phi) is 4.19. The summed E-state index contributed by atoms with van der Waals surface area (Å²) < 4.78 is 0.609. The minimum atomic E-state index is 0.00806. The van der Waals surface area contributed by atoms with Gasteiger partial charge < -0.3 is 10.0 Å². The third kappa shape index (κ3) is 2.94. The highest BCUT2D eigenvalue weighted by Gasteiger charge is 2.32. The van der Waals surface area contributed by atoms with Gasteiger partial charge in [-0.25, -0.2) is 0 Å². The van der Waals surface area contributed by atoms with Crippen molar-refractivity contribution in [2.75, 3.05) is 6.54 Å². The lowest BCUT2D eigenvalue weighted by atomic mass is 9.85. The Labute approximate surface area is 122 Å². The van der Waals surface area contributed by atoms with Gasteiger partial charge >= 0.3 is 0 Å². The van der Waals surface area contributed by atoms with Gasteiger partial charge in [0.2, 0.25) is 0 Å². The zero-order valence-corrected chi connectivity index (χ0v) is 13.1. The third-order valence-corrected chi connectivity index (χ3v) is 4.72. The number of hydrogen-bond donors (Lipinski definition) is 1. The first-order valence-electron chi connectivity index (χ1n) is 6.69. The molecule has 0 spiro atoms. The number of hydrogen-bond acceptors (Lipinski definition) is 2. The van der Waals surface area contributed by atoms with Gasteiger partial charge in [-0.15, -0.1) is 0 Å². The molecule has 104 valence electrons. The van der Waals surface area contributed by atoms with Crippen molar-refractivity contribution in [3.05, 3.63) is 28.2 Å². The van der Waals surface area contributed by atoms with Crippen LogP contribution in [0.25, 0.3) is 0 Å². The van der Waals surface area contributed by atoms with Crippen molar-refractivity contribution in [1.29, 1.82) is 0 Å². The monoisotopic (exact) mass is 325 g/mol. The smallest absolute Gasteiger partial charge is 0.254 e. The van der Waals surface area contributed by atoms with Gasteiger partial charge in [-0.05, 0) is 59.3 Å². The van der Waals surface area contributed by atoms with E-state index in [0.717, 1.165) is 13.0 Å². The summed E-state index contributed by atoms with van der Waals surface area (Å²) in [6.45, 7) is 7.27. The first-order valence-corrected chi connectivity index (χ1v) is 7.49. The second-order valence-corrected chi connectivity index (χ2v) is 6.54. The Bertz CT molecular complexity index is 489. The number of phenols is 1. The van der Waals surface area contributed by atoms with Crippen LogP contribution in [0.3, 0.4) is 0 Å². The molecule has 1 saturated heterocycles. The second-order valence-electron chi connectivity index (χ2n) is 5.68. The summed E-state index contributed by atoms with van der Waals surface area (Å²) in [6.07, 6.45) is 1.16. The molecule has 0 radical (unpaired) electrons. The molecule has 1 aliphatic rings. The highest BCUT2D eigenvalue weighted by Crippen LogP contribution is 2.30. The number of nitrogens with zero attached hydrogens (tertiary/aromatic N) is 1. The molecule has 1 heterocycles. The van der Waals surface area contributed by atoms with Gasteiger partial charge in [0.15, 0.2) is 0 Å². The largest absolute Gasteiger partial charge is 0.507 e. The number of piperidine rings is 1. The zero-order valence-electron chi connectivity index (χ0n) is 11.6. The molecule has 3 unspecified atom stereocenters. The number of phenolic OH excluding ortho intramolecular Hbond substituents is 1. The average Bonchev–Trinajstić information content (AvgIpc) is 2.36. The quantitative estimate of drug-likeness (QED) is 0.855. The molecule has 0 aliphatic carbocycles. The Morgan fingerprint density at radius 1 is 1.37 bits per heavy atom. The molecule has 3 nitrogen and oxygen atoms in total. The molecule has 0 aromatic heterocycles. The van der Waals surface area contributed by atoms with Crippen LogP contribution in [-0.2, 0) is 0 Å². The van der Waals surface area contributed by atoms with Crippen molar-refractivity contribution in [1.82, 2.24) is 4.90 Å². The molecule has 0 bridgehead atoms. The van der Waals surface area contributed by atoms with Gasteiger partial charge in [0.1, 0.15) is 5.75 Å². The van der Waals surface area contributed by atoms with Crippen molar-refractivity contribution >= 4 is 21.8 Å². The van der Waals surface area contributed by atoms with Crippen molar-refractivity contribution in [2.24, 2.45) is 11.8 Å². The molecule has 4 heteroatoms. The fourth-order valence-electron chi connectivity index (χ4n) is 2.79. The molecule has 0 saturated carbocycles. The van der Waals surface area contributed by atoms with E-state index in [1.54, 1.807) is 12.1 Å². The molecule has 1 amide bonds. The van der Waals surface area contributed by atoms with Crippen LogP contribution in [0.5, 0.6) is 5.75 Å². The number of carbonyl (C=O) groups excluding carboxylic acids is 1. The number of halogens is 1. The Morgan fingerprint density at radius 2 is 2.05 bits per heavy atom. The highest BCUT2D eigenvalue weighted by molar-refractivity contribution is 9.10. The van der Waals surface area contributed by atoms with Gasteiger partial charge in [-0.2, -0.15) is 0 Å². The Balaban J connectivity index is 2.24. The zero-order chi connectivity index (χ0) is 14.2. The van der Waals surface area contributed by atoms with E-state index in [1.807, 2.05) is 4.90 Å². The third-order valence-electron chi connectivity index (χ3n) is 4.05. The van der Waals surface area contributed by atoms with E-state index in [0.29, 0.717) is 21.9 Å². The summed E-state index contributed by atoms with van der Waals surface area (Å²) in [5.74, 6) is 1.15. The molecule has 1 aliphatic heterocycles. The summed E-state index contributed by atoms with van der Waals surface area (Å²) in [4.78, 5) is 14.5. The van der Waals surface area contributed by atoms with Crippen LogP contribution < -0.4 is 0 Å².